The van der Waals surface area contributed by atoms with Crippen molar-refractivity contribution >= 4 is 0 Å². The summed E-state index contributed by atoms with van der Waals surface area (Å²) < 4.78 is 0. The van der Waals surface area contributed by atoms with Gasteiger partial charge in [-0.3, -0.25) is 0 Å². The van der Waals surface area contributed by atoms with Crippen molar-refractivity contribution in [1.29, 1.82) is 0 Å². The second-order valence-corrected chi connectivity index (χ2v) is 5.23. The van der Waals surface area contributed by atoms with Gasteiger partial charge in [0.15, 0.2) is 0 Å². The summed E-state index contributed by atoms with van der Waals surface area (Å²) in [4.78, 5) is 0. The lowest BCUT2D eigenvalue weighted by Crippen LogP contribution is -2.23. The summed E-state index contributed by atoms with van der Waals surface area (Å²) in [6.07, 6.45) is 4.30. The smallest absolute Gasteiger partial charge is 0.0272 e. The van der Waals surface area contributed by atoms with Gasteiger partial charge in [0.25, 0.3) is 0 Å². The minimum atomic E-state index is 0.679. The molecule has 0 radical (unpaired) electrons. The third-order valence-corrected chi connectivity index (χ3v) is 4.36. The molecule has 1 rings (SSSR count). The first-order valence-corrected chi connectivity index (χ1v) is 5.52. The highest BCUT2D eigenvalue weighted by Crippen LogP contribution is 2.51. The van der Waals surface area contributed by atoms with Crippen molar-refractivity contribution in [3.8, 4) is 0 Å². The topological polar surface area (TPSA) is 0 Å². The Morgan fingerprint density at radius 1 is 1.17 bits per heavy atom. The first-order chi connectivity index (χ1) is 5.52. The molecular formula is C12H24. The van der Waals surface area contributed by atoms with Crippen LogP contribution in [0.25, 0.3) is 0 Å². The monoisotopic (exact) mass is 168 g/mol. The van der Waals surface area contributed by atoms with Crippen molar-refractivity contribution in [3.63, 3.8) is 0 Å². The van der Waals surface area contributed by atoms with E-state index < -0.39 is 0 Å². The van der Waals surface area contributed by atoms with Crippen LogP contribution in [-0.4, -0.2) is 0 Å². The van der Waals surface area contributed by atoms with Crippen molar-refractivity contribution in [2.45, 2.75) is 53.9 Å². The quantitative estimate of drug-likeness (QED) is 0.582. The molecule has 0 bridgehead atoms. The predicted molar refractivity (Wildman–Crippen MR) is 55.1 cm³/mol. The van der Waals surface area contributed by atoms with Crippen LogP contribution in [0.3, 0.4) is 0 Å². The summed E-state index contributed by atoms with van der Waals surface area (Å²) in [5.74, 6) is 2.77. The van der Waals surface area contributed by atoms with E-state index in [1.165, 1.54) is 19.3 Å². The maximum atomic E-state index is 2.42. The first-order valence-electron chi connectivity index (χ1n) is 5.52. The number of hydrogen-bond donors (Lipinski definition) is 0. The number of rotatable bonds is 2. The maximum Gasteiger partial charge on any atom is -0.0272 e. The van der Waals surface area contributed by atoms with Crippen LogP contribution in [0, 0.1) is 23.2 Å². The molecule has 1 fully saturated rings. The van der Waals surface area contributed by atoms with Gasteiger partial charge in [0, 0.05) is 0 Å². The van der Waals surface area contributed by atoms with Gasteiger partial charge in [-0.05, 0) is 36.0 Å². The zero-order valence-electron chi connectivity index (χ0n) is 9.35. The predicted octanol–water partition coefficient (Wildman–Crippen LogP) is 4.10. The molecule has 0 amide bonds. The lowest BCUT2D eigenvalue weighted by atomic mass is 9.73. The molecule has 0 nitrogen and oxygen atoms in total. The molecule has 0 aromatic carbocycles. The van der Waals surface area contributed by atoms with Crippen LogP contribution in [0.2, 0.25) is 0 Å². The third kappa shape index (κ3) is 1.53. The third-order valence-electron chi connectivity index (χ3n) is 4.36. The zero-order valence-corrected chi connectivity index (χ0v) is 9.35. The van der Waals surface area contributed by atoms with E-state index in [1.54, 1.807) is 0 Å². The van der Waals surface area contributed by atoms with Crippen LogP contribution < -0.4 is 0 Å². The van der Waals surface area contributed by atoms with E-state index in [1.807, 2.05) is 0 Å². The summed E-state index contributed by atoms with van der Waals surface area (Å²) in [5, 5.41) is 0. The molecule has 0 N–H and O–H groups in total. The zero-order chi connectivity index (χ0) is 9.35. The molecule has 0 heterocycles. The van der Waals surface area contributed by atoms with E-state index in [0.29, 0.717) is 5.41 Å². The Kier molecular flexibility index (Phi) is 2.85. The Bertz CT molecular complexity index is 136. The average Bonchev–Trinajstić information content (AvgIpc) is 2.29. The first kappa shape index (κ1) is 10.1. The minimum Gasteiger partial charge on any atom is -0.0648 e. The Balaban J connectivity index is 2.71. The van der Waals surface area contributed by atoms with E-state index in [4.69, 9.17) is 0 Å². The van der Waals surface area contributed by atoms with E-state index in [2.05, 4.69) is 34.6 Å². The summed E-state index contributed by atoms with van der Waals surface area (Å²) >= 11 is 0. The largest absolute Gasteiger partial charge is 0.0648 e. The Morgan fingerprint density at radius 3 is 1.75 bits per heavy atom. The SMILES string of the molecule is CCC1(C(C)C)CC(C)C(C)C1. The summed E-state index contributed by atoms with van der Waals surface area (Å²) in [7, 11) is 0. The fourth-order valence-electron chi connectivity index (χ4n) is 2.94. The van der Waals surface area contributed by atoms with E-state index >= 15 is 0 Å². The molecule has 0 spiro atoms. The van der Waals surface area contributed by atoms with Gasteiger partial charge >= 0.3 is 0 Å². The standard InChI is InChI=1S/C12H24/c1-6-12(9(2)3)7-10(4)11(5)8-12/h9-11H,6-8H2,1-5H3. The molecule has 72 valence electrons. The van der Waals surface area contributed by atoms with Gasteiger partial charge < -0.3 is 0 Å². The lowest BCUT2D eigenvalue weighted by Gasteiger charge is -2.32. The normalized spacial score (nSPS) is 42.5. The van der Waals surface area contributed by atoms with E-state index in [0.717, 1.165) is 17.8 Å². The van der Waals surface area contributed by atoms with Crippen molar-refractivity contribution in [2.24, 2.45) is 23.2 Å². The van der Waals surface area contributed by atoms with Crippen LogP contribution in [-0.2, 0) is 0 Å². The molecule has 0 aliphatic heterocycles. The van der Waals surface area contributed by atoms with Gasteiger partial charge in [-0.1, -0.05) is 41.0 Å². The Hall–Kier alpha value is 0. The van der Waals surface area contributed by atoms with Gasteiger partial charge in [-0.2, -0.15) is 0 Å². The van der Waals surface area contributed by atoms with Crippen LogP contribution in [0.1, 0.15) is 53.9 Å². The highest BCUT2D eigenvalue weighted by molar-refractivity contribution is 4.92. The van der Waals surface area contributed by atoms with Crippen molar-refractivity contribution in [2.75, 3.05) is 0 Å². The lowest BCUT2D eigenvalue weighted by molar-refractivity contribution is 0.178. The van der Waals surface area contributed by atoms with Crippen molar-refractivity contribution in [3.05, 3.63) is 0 Å². The second kappa shape index (κ2) is 3.40. The average molecular weight is 168 g/mol. The van der Waals surface area contributed by atoms with Gasteiger partial charge in [-0.15, -0.1) is 0 Å². The van der Waals surface area contributed by atoms with Crippen LogP contribution in [0.5, 0.6) is 0 Å². The molecule has 0 heteroatoms. The molecule has 1 aliphatic rings. The van der Waals surface area contributed by atoms with Crippen LogP contribution >= 0.6 is 0 Å². The molecule has 12 heavy (non-hydrogen) atoms. The van der Waals surface area contributed by atoms with E-state index in [-0.39, 0.29) is 0 Å². The fourth-order valence-corrected chi connectivity index (χ4v) is 2.94. The fraction of sp³-hybridized carbons (Fsp3) is 1.00. The highest BCUT2D eigenvalue weighted by atomic mass is 14.5. The highest BCUT2D eigenvalue weighted by Gasteiger charge is 2.41. The molecule has 1 aliphatic carbocycles. The molecule has 1 saturated carbocycles. The van der Waals surface area contributed by atoms with Gasteiger partial charge in [0.05, 0.1) is 0 Å². The molecule has 0 saturated heterocycles. The van der Waals surface area contributed by atoms with Crippen LogP contribution in [0.15, 0.2) is 0 Å². The summed E-state index contributed by atoms with van der Waals surface area (Å²) in [6.45, 7) is 12.0. The molecule has 0 aromatic rings. The number of hydrogen-bond acceptors (Lipinski definition) is 0. The molecule has 2 atom stereocenters. The second-order valence-electron chi connectivity index (χ2n) is 5.23. The summed E-state index contributed by atoms with van der Waals surface area (Å²) in [6, 6.07) is 0. The summed E-state index contributed by atoms with van der Waals surface area (Å²) in [5.41, 5.74) is 0.679. The maximum absolute atomic E-state index is 2.42. The van der Waals surface area contributed by atoms with Gasteiger partial charge in [0.2, 0.25) is 0 Å². The van der Waals surface area contributed by atoms with Gasteiger partial charge in [-0.25, -0.2) is 0 Å². The van der Waals surface area contributed by atoms with Gasteiger partial charge in [0.1, 0.15) is 0 Å². The van der Waals surface area contributed by atoms with Crippen molar-refractivity contribution in [1.82, 2.24) is 0 Å². The minimum absolute atomic E-state index is 0.679. The molecular weight excluding hydrogens is 144 g/mol. The van der Waals surface area contributed by atoms with Crippen LogP contribution in [0.4, 0.5) is 0 Å². The molecule has 2 unspecified atom stereocenters. The Morgan fingerprint density at radius 2 is 1.58 bits per heavy atom. The molecule has 0 aromatic heterocycles. The van der Waals surface area contributed by atoms with E-state index in [9.17, 15) is 0 Å². The Labute approximate surface area is 77.7 Å². The van der Waals surface area contributed by atoms with Crippen molar-refractivity contribution < 1.29 is 0 Å².